The summed E-state index contributed by atoms with van der Waals surface area (Å²) < 4.78 is 4.62. The number of nitrogens with one attached hydrogen (secondary N) is 1. The number of rotatable bonds is 8. The van der Waals surface area contributed by atoms with E-state index in [0.29, 0.717) is 13.0 Å². The van der Waals surface area contributed by atoms with Crippen LogP contribution in [0.25, 0.3) is 0 Å². The van der Waals surface area contributed by atoms with Crippen LogP contribution >= 0.6 is 0 Å². The topological polar surface area (TPSA) is 58.6 Å². The van der Waals surface area contributed by atoms with Gasteiger partial charge in [0, 0.05) is 13.5 Å². The average molecular weight is 230 g/mol. The van der Waals surface area contributed by atoms with Crippen LogP contribution in [0.2, 0.25) is 0 Å². The number of carbonyl (C=O) groups excluding carboxylic acids is 2. The van der Waals surface area contributed by atoms with E-state index < -0.39 is 0 Å². The van der Waals surface area contributed by atoms with E-state index >= 15 is 0 Å². The van der Waals surface area contributed by atoms with Crippen molar-refractivity contribution in [1.29, 1.82) is 0 Å². The molecule has 0 radical (unpaired) electrons. The summed E-state index contributed by atoms with van der Waals surface area (Å²) in [4.78, 5) is 24.1. The lowest BCUT2D eigenvalue weighted by atomic mass is 10.2. The van der Waals surface area contributed by atoms with Crippen molar-refractivity contribution in [2.24, 2.45) is 0 Å². The van der Waals surface area contributed by atoms with Crippen molar-refractivity contribution in [3.05, 3.63) is 0 Å². The Kier molecular flexibility index (Phi) is 8.52. The van der Waals surface area contributed by atoms with E-state index in [-0.39, 0.29) is 11.9 Å². The molecule has 0 aromatic rings. The first-order chi connectivity index (χ1) is 7.63. The number of nitrogens with zero attached hydrogens (tertiary/aromatic N) is 1. The van der Waals surface area contributed by atoms with Gasteiger partial charge in [0.2, 0.25) is 5.91 Å². The second-order valence-electron chi connectivity index (χ2n) is 3.63. The summed E-state index contributed by atoms with van der Waals surface area (Å²) in [5.74, 6) is -0.192. The van der Waals surface area contributed by atoms with Crippen molar-refractivity contribution in [2.75, 3.05) is 33.8 Å². The van der Waals surface area contributed by atoms with Crippen LogP contribution in [0.1, 0.15) is 26.2 Å². The summed E-state index contributed by atoms with van der Waals surface area (Å²) in [7, 11) is 3.01. The van der Waals surface area contributed by atoms with Crippen molar-refractivity contribution in [1.82, 2.24) is 10.2 Å². The average Bonchev–Trinajstić information content (AvgIpc) is 2.28. The van der Waals surface area contributed by atoms with Gasteiger partial charge >= 0.3 is 5.97 Å². The smallest absolute Gasteiger partial charge is 0.319 e. The van der Waals surface area contributed by atoms with Gasteiger partial charge in [-0.1, -0.05) is 6.92 Å². The minimum Gasteiger partial charge on any atom is -0.468 e. The van der Waals surface area contributed by atoms with Crippen molar-refractivity contribution in [2.45, 2.75) is 26.2 Å². The second kappa shape index (κ2) is 9.15. The van der Waals surface area contributed by atoms with Gasteiger partial charge in [0.1, 0.15) is 0 Å². The molecule has 5 heteroatoms. The number of hydrogen-bond acceptors (Lipinski definition) is 4. The summed E-state index contributed by atoms with van der Waals surface area (Å²) in [5.41, 5.74) is 0. The van der Waals surface area contributed by atoms with E-state index in [1.807, 2.05) is 4.90 Å². The van der Waals surface area contributed by atoms with Crippen LogP contribution in [-0.4, -0.2) is 50.6 Å². The molecular formula is C11H22N2O3. The van der Waals surface area contributed by atoms with Crippen LogP contribution < -0.4 is 5.32 Å². The van der Waals surface area contributed by atoms with E-state index in [4.69, 9.17) is 0 Å². The van der Waals surface area contributed by atoms with Crippen LogP contribution in [0.4, 0.5) is 0 Å². The fourth-order valence-corrected chi connectivity index (χ4v) is 1.42. The van der Waals surface area contributed by atoms with Gasteiger partial charge in [0.25, 0.3) is 0 Å². The number of methoxy groups -OCH3 is 1. The molecule has 0 aliphatic rings. The lowest BCUT2D eigenvalue weighted by molar-refractivity contribution is -0.141. The summed E-state index contributed by atoms with van der Waals surface area (Å²) >= 11 is 0. The minimum atomic E-state index is -0.228. The van der Waals surface area contributed by atoms with Gasteiger partial charge in [-0.25, -0.2) is 0 Å². The zero-order valence-corrected chi connectivity index (χ0v) is 10.4. The maximum atomic E-state index is 11.1. The molecule has 1 N–H and O–H groups in total. The van der Waals surface area contributed by atoms with E-state index in [0.717, 1.165) is 25.9 Å². The molecule has 0 unspecified atom stereocenters. The second-order valence-corrected chi connectivity index (χ2v) is 3.63. The first-order valence-electron chi connectivity index (χ1n) is 5.63. The summed E-state index contributed by atoms with van der Waals surface area (Å²) in [6, 6.07) is 0. The van der Waals surface area contributed by atoms with Gasteiger partial charge in [-0.2, -0.15) is 0 Å². The van der Waals surface area contributed by atoms with Crippen molar-refractivity contribution < 1.29 is 14.3 Å². The highest BCUT2D eigenvalue weighted by atomic mass is 16.5. The Labute approximate surface area is 97.1 Å². The molecule has 0 saturated carbocycles. The molecule has 0 aromatic heterocycles. The number of carbonyl (C=O) groups is 2. The Bertz CT molecular complexity index is 219. The number of esters is 1. The largest absolute Gasteiger partial charge is 0.468 e. The van der Waals surface area contributed by atoms with Gasteiger partial charge < -0.3 is 10.1 Å². The molecule has 5 nitrogen and oxygen atoms in total. The highest BCUT2D eigenvalue weighted by Gasteiger charge is 2.10. The molecule has 0 saturated heterocycles. The van der Waals surface area contributed by atoms with E-state index in [9.17, 15) is 9.59 Å². The van der Waals surface area contributed by atoms with Gasteiger partial charge in [-0.05, 0) is 25.9 Å². The van der Waals surface area contributed by atoms with Crippen LogP contribution in [0.3, 0.4) is 0 Å². The third kappa shape index (κ3) is 7.23. The number of amides is 1. The number of ether oxygens (including phenoxy) is 1. The van der Waals surface area contributed by atoms with Crippen LogP contribution in [0.15, 0.2) is 0 Å². The summed E-state index contributed by atoms with van der Waals surface area (Å²) in [6.45, 7) is 3.96. The van der Waals surface area contributed by atoms with Gasteiger partial charge in [0.15, 0.2) is 0 Å². The van der Waals surface area contributed by atoms with E-state index in [2.05, 4.69) is 17.0 Å². The lowest BCUT2D eigenvalue weighted by Gasteiger charge is -2.19. The first-order valence-corrected chi connectivity index (χ1v) is 5.63. The van der Waals surface area contributed by atoms with E-state index in [1.165, 1.54) is 7.11 Å². The Hall–Kier alpha value is -1.10. The predicted octanol–water partition coefficient (Wildman–Crippen LogP) is 0.398. The van der Waals surface area contributed by atoms with Gasteiger partial charge in [-0.15, -0.1) is 0 Å². The molecule has 1 amide bonds. The quantitative estimate of drug-likeness (QED) is 0.613. The zero-order chi connectivity index (χ0) is 12.4. The third-order valence-corrected chi connectivity index (χ3v) is 2.28. The molecule has 94 valence electrons. The van der Waals surface area contributed by atoms with Crippen molar-refractivity contribution >= 4 is 11.9 Å². The van der Waals surface area contributed by atoms with E-state index in [1.54, 1.807) is 7.05 Å². The maximum Gasteiger partial charge on any atom is 0.319 e. The Balaban J connectivity index is 3.84. The highest BCUT2D eigenvalue weighted by molar-refractivity contribution is 5.75. The molecule has 0 aliphatic carbocycles. The Morgan fingerprint density at radius 1 is 1.31 bits per heavy atom. The normalized spacial score (nSPS) is 10.2. The van der Waals surface area contributed by atoms with Crippen LogP contribution in [0, 0.1) is 0 Å². The number of hydrogen-bond donors (Lipinski definition) is 1. The molecule has 0 rings (SSSR count). The lowest BCUT2D eigenvalue weighted by Crippen LogP contribution is -2.32. The van der Waals surface area contributed by atoms with Crippen molar-refractivity contribution in [3.63, 3.8) is 0 Å². The van der Waals surface area contributed by atoms with Gasteiger partial charge in [-0.3, -0.25) is 14.5 Å². The fourth-order valence-electron chi connectivity index (χ4n) is 1.42. The monoisotopic (exact) mass is 230 g/mol. The SMILES string of the molecule is CCCN(CCCC(=O)NC)CC(=O)OC. The first kappa shape index (κ1) is 14.9. The highest BCUT2D eigenvalue weighted by Crippen LogP contribution is 1.98. The Morgan fingerprint density at radius 3 is 2.50 bits per heavy atom. The molecule has 0 spiro atoms. The standard InChI is InChI=1S/C11H22N2O3/c1-4-7-13(9-11(15)16-3)8-5-6-10(14)12-2/h4-9H2,1-3H3,(H,12,14). The molecule has 0 atom stereocenters. The molecule has 0 fully saturated rings. The minimum absolute atomic E-state index is 0.0366. The van der Waals surface area contributed by atoms with Crippen LogP contribution in [-0.2, 0) is 14.3 Å². The molecule has 0 aromatic carbocycles. The van der Waals surface area contributed by atoms with Crippen molar-refractivity contribution in [3.8, 4) is 0 Å². The molecule has 0 heterocycles. The summed E-state index contributed by atoms with van der Waals surface area (Å²) in [5, 5.41) is 2.57. The molecule has 0 aliphatic heterocycles. The third-order valence-electron chi connectivity index (χ3n) is 2.28. The summed E-state index contributed by atoms with van der Waals surface area (Å²) in [6.07, 6.45) is 2.24. The molecule has 0 bridgehead atoms. The molecule has 16 heavy (non-hydrogen) atoms. The maximum absolute atomic E-state index is 11.1. The fraction of sp³-hybridized carbons (Fsp3) is 0.818. The Morgan fingerprint density at radius 2 is 2.00 bits per heavy atom. The zero-order valence-electron chi connectivity index (χ0n) is 10.4. The van der Waals surface area contributed by atoms with Crippen LogP contribution in [0.5, 0.6) is 0 Å². The predicted molar refractivity (Wildman–Crippen MR) is 62.0 cm³/mol. The molecular weight excluding hydrogens is 208 g/mol. The van der Waals surface area contributed by atoms with Gasteiger partial charge in [0.05, 0.1) is 13.7 Å².